The molecule has 0 aliphatic rings. The van der Waals surface area contributed by atoms with Crippen molar-refractivity contribution in [1.82, 2.24) is 4.98 Å². The Bertz CT molecular complexity index is 790. The van der Waals surface area contributed by atoms with E-state index in [-0.39, 0.29) is 0 Å². The van der Waals surface area contributed by atoms with Gasteiger partial charge < -0.3 is 9.15 Å². The van der Waals surface area contributed by atoms with Crippen LogP contribution in [0.1, 0.15) is 17.0 Å². The number of oxazole rings is 1. The summed E-state index contributed by atoms with van der Waals surface area (Å²) in [5.74, 6) is 2.33. The Kier molecular flexibility index (Phi) is 4.57. The first-order chi connectivity index (χ1) is 11.3. The first kappa shape index (κ1) is 15.1. The third-order valence-electron chi connectivity index (χ3n) is 3.65. The number of benzene rings is 2. The van der Waals surface area contributed by atoms with E-state index >= 15 is 0 Å². The summed E-state index contributed by atoms with van der Waals surface area (Å²) < 4.78 is 11.6. The molecular formula is C20H19NO2. The second-order valence-electron chi connectivity index (χ2n) is 5.23. The first-order valence-electron chi connectivity index (χ1n) is 7.64. The molecule has 23 heavy (non-hydrogen) atoms. The fourth-order valence-corrected chi connectivity index (χ4v) is 2.40. The summed E-state index contributed by atoms with van der Waals surface area (Å²) in [5, 5.41) is 0. The third kappa shape index (κ3) is 3.51. The molecule has 0 saturated carbocycles. The lowest BCUT2D eigenvalue weighted by Crippen LogP contribution is -2.03. The molecule has 0 unspecified atom stereocenters. The summed E-state index contributed by atoms with van der Waals surface area (Å²) in [6.07, 6.45) is 2.50. The van der Waals surface area contributed by atoms with Gasteiger partial charge in [-0.2, -0.15) is 0 Å². The maximum Gasteiger partial charge on any atom is 0.226 e. The highest BCUT2D eigenvalue weighted by Crippen LogP contribution is 2.22. The molecule has 2 aromatic carbocycles. The van der Waals surface area contributed by atoms with Gasteiger partial charge >= 0.3 is 0 Å². The standard InChI is InChI=1S/C20H19NO2/c1-3-16-9-7-8-12-19(16)22-14-13-18-15(2)23-20(21-18)17-10-5-4-6-11-17/h3-12H,1,13-14H2,2H3. The highest BCUT2D eigenvalue weighted by atomic mass is 16.5. The minimum atomic E-state index is 0.548. The van der Waals surface area contributed by atoms with Crippen molar-refractivity contribution in [1.29, 1.82) is 0 Å². The molecule has 0 aliphatic carbocycles. The van der Waals surface area contributed by atoms with Crippen LogP contribution in [0, 0.1) is 6.92 Å². The zero-order chi connectivity index (χ0) is 16.1. The quantitative estimate of drug-likeness (QED) is 0.648. The molecule has 1 heterocycles. The zero-order valence-corrected chi connectivity index (χ0v) is 13.2. The van der Waals surface area contributed by atoms with E-state index in [0.29, 0.717) is 18.9 Å². The van der Waals surface area contributed by atoms with Gasteiger partial charge in [-0.15, -0.1) is 0 Å². The average Bonchev–Trinajstić information content (AvgIpc) is 2.97. The number of hydrogen-bond acceptors (Lipinski definition) is 3. The molecule has 3 nitrogen and oxygen atoms in total. The van der Waals surface area contributed by atoms with Gasteiger partial charge in [0, 0.05) is 17.5 Å². The number of para-hydroxylation sites is 1. The molecule has 0 fully saturated rings. The summed E-state index contributed by atoms with van der Waals surface area (Å²) in [6.45, 7) is 6.29. The first-order valence-corrected chi connectivity index (χ1v) is 7.64. The molecule has 3 heteroatoms. The van der Waals surface area contributed by atoms with Gasteiger partial charge in [0.2, 0.25) is 5.89 Å². The smallest absolute Gasteiger partial charge is 0.226 e. The van der Waals surface area contributed by atoms with Crippen LogP contribution in [0.5, 0.6) is 5.75 Å². The molecule has 0 amide bonds. The minimum absolute atomic E-state index is 0.548. The second-order valence-corrected chi connectivity index (χ2v) is 5.23. The molecule has 3 rings (SSSR count). The highest BCUT2D eigenvalue weighted by molar-refractivity contribution is 5.55. The lowest BCUT2D eigenvalue weighted by molar-refractivity contribution is 0.319. The van der Waals surface area contributed by atoms with Crippen molar-refractivity contribution in [3.8, 4) is 17.2 Å². The maximum atomic E-state index is 5.85. The van der Waals surface area contributed by atoms with Gasteiger partial charge in [-0.1, -0.05) is 49.1 Å². The molecule has 0 bridgehead atoms. The summed E-state index contributed by atoms with van der Waals surface area (Å²) in [6, 6.07) is 17.8. The zero-order valence-electron chi connectivity index (χ0n) is 13.2. The Labute approximate surface area is 136 Å². The monoisotopic (exact) mass is 305 g/mol. The van der Waals surface area contributed by atoms with Crippen LogP contribution < -0.4 is 4.74 Å². The number of ether oxygens (including phenoxy) is 1. The molecule has 1 aromatic heterocycles. The SMILES string of the molecule is C=Cc1ccccc1OCCc1nc(-c2ccccc2)oc1C. The van der Waals surface area contributed by atoms with E-state index in [4.69, 9.17) is 9.15 Å². The van der Waals surface area contributed by atoms with Crippen molar-refractivity contribution in [3.05, 3.63) is 78.2 Å². The van der Waals surface area contributed by atoms with Crippen molar-refractivity contribution >= 4 is 6.08 Å². The Morgan fingerprint density at radius 2 is 1.83 bits per heavy atom. The molecule has 0 N–H and O–H groups in total. The van der Waals surface area contributed by atoms with Gasteiger partial charge in [-0.05, 0) is 25.1 Å². The minimum Gasteiger partial charge on any atom is -0.493 e. The van der Waals surface area contributed by atoms with Gasteiger partial charge in [0.05, 0.1) is 12.3 Å². The van der Waals surface area contributed by atoms with E-state index in [1.165, 1.54) is 0 Å². The fraction of sp³-hybridized carbons (Fsp3) is 0.150. The third-order valence-corrected chi connectivity index (χ3v) is 3.65. The van der Waals surface area contributed by atoms with Crippen molar-refractivity contribution < 1.29 is 9.15 Å². The van der Waals surface area contributed by atoms with Crippen molar-refractivity contribution in [2.45, 2.75) is 13.3 Å². The summed E-state index contributed by atoms with van der Waals surface area (Å²) in [5.41, 5.74) is 2.91. The van der Waals surface area contributed by atoms with Crippen LogP contribution in [0.15, 0.2) is 65.6 Å². The van der Waals surface area contributed by atoms with Gasteiger partial charge in [0.15, 0.2) is 0 Å². The predicted octanol–water partition coefficient (Wildman–Crippen LogP) is 4.91. The molecule has 116 valence electrons. The topological polar surface area (TPSA) is 35.3 Å². The average molecular weight is 305 g/mol. The lowest BCUT2D eigenvalue weighted by atomic mass is 10.2. The van der Waals surface area contributed by atoms with Crippen LogP contribution in [0.2, 0.25) is 0 Å². The largest absolute Gasteiger partial charge is 0.493 e. The van der Waals surface area contributed by atoms with Gasteiger partial charge in [0.1, 0.15) is 11.5 Å². The van der Waals surface area contributed by atoms with Gasteiger partial charge in [-0.25, -0.2) is 4.98 Å². The van der Waals surface area contributed by atoms with E-state index in [9.17, 15) is 0 Å². The van der Waals surface area contributed by atoms with Gasteiger partial charge in [0.25, 0.3) is 0 Å². The van der Waals surface area contributed by atoms with Crippen LogP contribution in [0.25, 0.3) is 17.5 Å². The molecule has 0 radical (unpaired) electrons. The van der Waals surface area contributed by atoms with Gasteiger partial charge in [-0.3, -0.25) is 0 Å². The molecular weight excluding hydrogens is 286 g/mol. The van der Waals surface area contributed by atoms with Crippen molar-refractivity contribution in [2.75, 3.05) is 6.61 Å². The number of nitrogens with zero attached hydrogens (tertiary/aromatic N) is 1. The van der Waals surface area contributed by atoms with Crippen LogP contribution in [-0.2, 0) is 6.42 Å². The Hall–Kier alpha value is -2.81. The molecule has 3 aromatic rings. The Morgan fingerprint density at radius 1 is 1.09 bits per heavy atom. The van der Waals surface area contributed by atoms with Crippen LogP contribution in [-0.4, -0.2) is 11.6 Å². The second kappa shape index (κ2) is 6.97. The van der Waals surface area contributed by atoms with E-state index in [1.807, 2.05) is 61.5 Å². The van der Waals surface area contributed by atoms with Crippen molar-refractivity contribution in [2.24, 2.45) is 0 Å². The van der Waals surface area contributed by atoms with Crippen LogP contribution >= 0.6 is 0 Å². The van der Waals surface area contributed by atoms with Crippen LogP contribution in [0.3, 0.4) is 0 Å². The summed E-state index contributed by atoms with van der Waals surface area (Å²) >= 11 is 0. The molecule has 0 spiro atoms. The van der Waals surface area contributed by atoms with Crippen molar-refractivity contribution in [3.63, 3.8) is 0 Å². The highest BCUT2D eigenvalue weighted by Gasteiger charge is 2.11. The van der Waals surface area contributed by atoms with E-state index in [2.05, 4.69) is 11.6 Å². The lowest BCUT2D eigenvalue weighted by Gasteiger charge is -2.08. The number of aryl methyl sites for hydroxylation is 1. The normalized spacial score (nSPS) is 10.5. The van der Waals surface area contributed by atoms with E-state index in [0.717, 1.165) is 28.3 Å². The van der Waals surface area contributed by atoms with Crippen LogP contribution in [0.4, 0.5) is 0 Å². The van der Waals surface area contributed by atoms with E-state index < -0.39 is 0 Å². The number of rotatable bonds is 6. The molecule has 0 aliphatic heterocycles. The Balaban J connectivity index is 1.67. The number of aromatic nitrogens is 1. The molecule has 0 saturated heterocycles. The maximum absolute atomic E-state index is 5.85. The predicted molar refractivity (Wildman–Crippen MR) is 92.4 cm³/mol. The summed E-state index contributed by atoms with van der Waals surface area (Å²) in [7, 11) is 0. The van der Waals surface area contributed by atoms with E-state index in [1.54, 1.807) is 6.08 Å². The Morgan fingerprint density at radius 3 is 2.61 bits per heavy atom. The number of hydrogen-bond donors (Lipinski definition) is 0. The fourth-order valence-electron chi connectivity index (χ4n) is 2.40. The molecule has 0 atom stereocenters. The summed E-state index contributed by atoms with van der Waals surface area (Å²) in [4.78, 5) is 4.59.